The maximum atomic E-state index is 12.7. The van der Waals surface area contributed by atoms with Crippen LogP contribution in [0.25, 0.3) is 10.8 Å². The Morgan fingerprint density at radius 1 is 0.507 bits per heavy atom. The number of nitrogens with two attached hydrogens (primary N) is 1. The first-order chi connectivity index (χ1) is 33.2. The van der Waals surface area contributed by atoms with Crippen LogP contribution >= 0.6 is 34.1 Å². The van der Waals surface area contributed by atoms with Gasteiger partial charge in [0, 0.05) is 11.4 Å². The van der Waals surface area contributed by atoms with Crippen molar-refractivity contribution in [3.63, 3.8) is 0 Å². The summed E-state index contributed by atoms with van der Waals surface area (Å²) in [5, 5.41) is 74.5. The quantitative estimate of drug-likeness (QED) is 0.0141. The van der Waals surface area contributed by atoms with Crippen molar-refractivity contribution in [2.24, 2.45) is 20.5 Å². The topological polar surface area (TPSA) is 516 Å². The third kappa shape index (κ3) is 11.9. The second-order valence-electron chi connectivity index (χ2n) is 13.9. The Kier molecular flexibility index (Phi) is 15.6. The van der Waals surface area contributed by atoms with E-state index in [1.165, 1.54) is 0 Å². The van der Waals surface area contributed by atoms with Crippen LogP contribution < -0.4 is 16.4 Å². The Morgan fingerprint density at radius 2 is 0.877 bits per heavy atom. The van der Waals surface area contributed by atoms with Crippen molar-refractivity contribution in [2.45, 2.75) is 27.0 Å². The summed E-state index contributed by atoms with van der Waals surface area (Å²) in [5.41, 5.74) is -4.16. The third-order valence-electron chi connectivity index (χ3n) is 9.35. The van der Waals surface area contributed by atoms with Gasteiger partial charge in [0.15, 0.2) is 5.75 Å². The summed E-state index contributed by atoms with van der Waals surface area (Å²) in [7, 11) is -21.2. The summed E-state index contributed by atoms with van der Waals surface area (Å²) in [6.45, 7) is 0. The number of anilines is 5. The number of nitrogens with one attached hydrogen (secondary N) is 2. The number of nitrogens with zero attached hydrogens (tertiary/aromatic N) is 8. The average molecular weight is 1140 g/mol. The maximum Gasteiger partial charge on any atom is 0.299 e. The monoisotopic (exact) mass is 1130 g/mol. The van der Waals surface area contributed by atoms with Gasteiger partial charge in [0.1, 0.15) is 69.7 Å². The molecule has 0 aromatic heterocycles. The molecule has 32 nitrogen and oxygen atoms in total. The molecule has 6 rings (SSSR count). The second-order valence-corrected chi connectivity index (χ2v) is 20.4. The van der Waals surface area contributed by atoms with Crippen LogP contribution in [0.5, 0.6) is 5.75 Å². The van der Waals surface area contributed by atoms with Gasteiger partial charge in [-0.05, 0) is 66.0 Å². The van der Waals surface area contributed by atoms with Crippen molar-refractivity contribution in [3.05, 3.63) is 123 Å². The SMILES string of the molecule is C.Nc1c(N=Nc2cc(Nc3cc(Cl)c([N+](=O)[O-])cc3[N+](=O)[O-])ccc2S(=O)(=O)O)c(S(O)(O)O)cc2cc(S(=O)(=O)O)c(N=Nc3cc(Nc4cc(Cl)c([N+](=O)[O-])cc4[N+](=O)[O-])ccc3S(=O)(=O)O)c(O)c12. The van der Waals surface area contributed by atoms with Crippen LogP contribution in [-0.2, 0) is 30.4 Å². The van der Waals surface area contributed by atoms with Gasteiger partial charge in [0.2, 0.25) is 0 Å². The van der Waals surface area contributed by atoms with E-state index < -0.39 is 170 Å². The molecule has 386 valence electrons. The fourth-order valence-corrected chi connectivity index (χ4v) is 9.33. The van der Waals surface area contributed by atoms with Crippen LogP contribution in [0.2, 0.25) is 10.0 Å². The van der Waals surface area contributed by atoms with E-state index in [1.807, 2.05) is 0 Å². The van der Waals surface area contributed by atoms with Crippen LogP contribution in [-0.4, -0.2) is 77.4 Å². The minimum atomic E-state index is -5.59. The lowest BCUT2D eigenvalue weighted by Crippen LogP contribution is -2.03. The highest BCUT2D eigenvalue weighted by molar-refractivity contribution is 8.19. The normalized spacial score (nSPS) is 12.4. The highest BCUT2D eigenvalue weighted by Gasteiger charge is 2.31. The molecule has 0 atom stereocenters. The number of phenols is 1. The summed E-state index contributed by atoms with van der Waals surface area (Å²) in [5.74, 6) is -1.41. The number of nitro groups is 4. The molecular weight excluding hydrogens is 1110 g/mol. The average Bonchev–Trinajstić information content (AvgIpc) is 3.23. The molecule has 6 aromatic carbocycles. The minimum Gasteiger partial charge on any atom is -0.505 e. The number of fused-ring (bicyclic) bond motifs is 1. The van der Waals surface area contributed by atoms with E-state index in [1.54, 1.807) is 0 Å². The molecule has 11 N–H and O–H groups in total. The first-order valence-corrected chi connectivity index (χ1v) is 24.7. The highest BCUT2D eigenvalue weighted by Crippen LogP contribution is 2.56. The third-order valence-corrected chi connectivity index (χ3v) is 13.5. The van der Waals surface area contributed by atoms with E-state index in [4.69, 9.17) is 28.9 Å². The molecule has 6 aromatic rings. The largest absolute Gasteiger partial charge is 0.505 e. The van der Waals surface area contributed by atoms with Crippen LogP contribution in [0, 0.1) is 40.5 Å². The number of phenolic OH excluding ortho intramolecular Hbond substituents is 1. The second kappa shape index (κ2) is 20.3. The predicted octanol–water partition coefficient (Wildman–Crippen LogP) is 10.3. The van der Waals surface area contributed by atoms with Gasteiger partial charge in [-0.3, -0.25) is 54.1 Å². The fourth-order valence-electron chi connectivity index (χ4n) is 6.30. The van der Waals surface area contributed by atoms with Gasteiger partial charge in [0.25, 0.3) is 53.1 Å². The summed E-state index contributed by atoms with van der Waals surface area (Å²) in [6, 6.07) is 8.11. The van der Waals surface area contributed by atoms with E-state index in [2.05, 4.69) is 31.1 Å². The van der Waals surface area contributed by atoms with Crippen molar-refractivity contribution >= 4 is 149 Å². The van der Waals surface area contributed by atoms with E-state index in [9.17, 15) is 98.1 Å². The zero-order valence-electron chi connectivity index (χ0n) is 34.3. The highest BCUT2D eigenvalue weighted by atomic mass is 35.5. The van der Waals surface area contributed by atoms with Gasteiger partial charge in [0.05, 0.1) is 47.8 Å². The lowest BCUT2D eigenvalue weighted by Gasteiger charge is -2.23. The number of rotatable bonds is 16. The number of nitro benzene ring substituents is 4. The lowest BCUT2D eigenvalue weighted by atomic mass is 10.1. The van der Waals surface area contributed by atoms with Crippen molar-refractivity contribution in [1.29, 1.82) is 0 Å². The smallest absolute Gasteiger partial charge is 0.299 e. The molecule has 0 spiro atoms. The number of benzene rings is 6. The van der Waals surface area contributed by atoms with Gasteiger partial charge < -0.3 is 35.1 Å². The van der Waals surface area contributed by atoms with Crippen molar-refractivity contribution < 1.29 is 77.4 Å². The maximum absolute atomic E-state index is 12.7. The molecule has 0 fully saturated rings. The minimum absolute atomic E-state index is 0. The Hall–Kier alpha value is -7.88. The summed E-state index contributed by atoms with van der Waals surface area (Å²) >= 11 is 11.8. The van der Waals surface area contributed by atoms with Crippen molar-refractivity contribution in [3.8, 4) is 5.75 Å². The molecule has 0 bridgehead atoms. The number of aromatic hydroxyl groups is 1. The van der Waals surface area contributed by atoms with Crippen LogP contribution in [0.1, 0.15) is 7.43 Å². The molecule has 0 unspecified atom stereocenters. The van der Waals surface area contributed by atoms with Crippen LogP contribution in [0.15, 0.2) is 113 Å². The van der Waals surface area contributed by atoms with Crippen molar-refractivity contribution in [2.75, 3.05) is 16.4 Å². The lowest BCUT2D eigenvalue weighted by molar-refractivity contribution is -0.393. The summed E-state index contributed by atoms with van der Waals surface area (Å²) in [4.78, 5) is 37.4. The fraction of sp³-hybridized carbons (Fsp3) is 0.0286. The van der Waals surface area contributed by atoms with Gasteiger partial charge in [-0.15, -0.1) is 20.5 Å². The van der Waals surface area contributed by atoms with Gasteiger partial charge in [-0.25, -0.2) is 0 Å². The van der Waals surface area contributed by atoms with Gasteiger partial charge in [-0.2, -0.15) is 25.3 Å². The molecule has 38 heteroatoms. The van der Waals surface area contributed by atoms with E-state index >= 15 is 0 Å². The van der Waals surface area contributed by atoms with Gasteiger partial charge >= 0.3 is 0 Å². The predicted molar refractivity (Wildman–Crippen MR) is 257 cm³/mol. The van der Waals surface area contributed by atoms with E-state index in [-0.39, 0.29) is 18.8 Å². The first kappa shape index (κ1) is 56.0. The van der Waals surface area contributed by atoms with Crippen LogP contribution in [0.3, 0.4) is 0 Å². The number of nitrogen functional groups attached to an aromatic ring is 1. The molecule has 0 saturated heterocycles. The molecular formula is C35H27Cl2N11O21S4. The Labute approximate surface area is 417 Å². The molecule has 0 amide bonds. The van der Waals surface area contributed by atoms with Crippen molar-refractivity contribution in [1.82, 2.24) is 0 Å². The first-order valence-electron chi connectivity index (χ1n) is 18.1. The molecule has 0 saturated carbocycles. The summed E-state index contributed by atoms with van der Waals surface area (Å²) < 4.78 is 136. The standard InChI is InChI=1S/C34H23Cl2N11O21S4.CH4/c35-16-9-18(24(46(53)54)11-22(16)44(49)50)38-14-1-3-26(69(57,58)59)20(7-14)40-42-32-28(71(63,64)65)5-13-6-29(72(66,67)68)33(34(48)30(13)31(32)37)43-41-21-8-15(2-4-27(21)70(60,61)62)39-19-10-17(36)23(45(51)52)12-25(19)47(55)56;/h1-12,38-39,48,63-65H,37H2,(H,57,58,59)(H,60,61,62)(H,66,67,68);1H4. The number of azo groups is 2. The molecule has 0 aliphatic carbocycles. The van der Waals surface area contributed by atoms with E-state index in [0.717, 1.165) is 36.4 Å². The molecule has 0 aliphatic heterocycles. The van der Waals surface area contributed by atoms with Gasteiger partial charge in [-0.1, -0.05) is 30.6 Å². The molecule has 73 heavy (non-hydrogen) atoms. The zero-order valence-corrected chi connectivity index (χ0v) is 39.1. The zero-order chi connectivity index (χ0) is 53.7. The Morgan fingerprint density at radius 3 is 1.23 bits per heavy atom. The number of halogens is 2. The molecule has 0 aliphatic rings. The Balaban J connectivity index is 0.00000988. The van der Waals surface area contributed by atoms with Crippen LogP contribution in [0.4, 0.5) is 73.9 Å². The summed E-state index contributed by atoms with van der Waals surface area (Å²) in [6.07, 6.45) is 0. The number of hydrogen-bond acceptors (Lipinski definition) is 25. The molecule has 0 heterocycles. The van der Waals surface area contributed by atoms with E-state index in [0.29, 0.717) is 36.4 Å². The molecule has 0 radical (unpaired) electrons. The number of hydrogen-bond donors (Lipinski definition) is 10. The Bertz CT molecular complexity index is 3800.